The third-order valence-electron chi connectivity index (χ3n) is 5.26. The summed E-state index contributed by atoms with van der Waals surface area (Å²) in [6, 6.07) is 20.2. The number of ether oxygens (including phenoxy) is 2. The predicted molar refractivity (Wildman–Crippen MR) is 139 cm³/mol. The van der Waals surface area contributed by atoms with Crippen LogP contribution in [0, 0.1) is 6.92 Å². The van der Waals surface area contributed by atoms with Crippen molar-refractivity contribution in [3.63, 3.8) is 0 Å². The summed E-state index contributed by atoms with van der Waals surface area (Å²) in [5, 5.41) is 11.7. The Kier molecular flexibility index (Phi) is 7.51. The van der Waals surface area contributed by atoms with Gasteiger partial charge in [-0.1, -0.05) is 29.0 Å². The Morgan fingerprint density at radius 1 is 0.889 bits per heavy atom. The van der Waals surface area contributed by atoms with E-state index in [0.717, 1.165) is 15.4 Å². The summed E-state index contributed by atoms with van der Waals surface area (Å²) in [4.78, 5) is 13.0. The Labute approximate surface area is 213 Å². The average Bonchev–Trinajstić information content (AvgIpc) is 3.36. The molecule has 0 spiro atoms. The van der Waals surface area contributed by atoms with Gasteiger partial charge in [-0.15, -0.1) is 10.2 Å². The van der Waals surface area contributed by atoms with Crippen LogP contribution in [0.15, 0.2) is 77.7 Å². The summed E-state index contributed by atoms with van der Waals surface area (Å²) < 4.78 is 38.4. The van der Waals surface area contributed by atoms with Crippen LogP contribution in [-0.4, -0.2) is 45.3 Å². The van der Waals surface area contributed by atoms with Crippen molar-refractivity contribution in [2.75, 3.05) is 30.4 Å². The summed E-state index contributed by atoms with van der Waals surface area (Å²) in [6.45, 7) is 1.45. The summed E-state index contributed by atoms with van der Waals surface area (Å²) in [6.07, 6.45) is 0. The molecule has 1 amide bonds. The van der Waals surface area contributed by atoms with Gasteiger partial charge in [-0.05, 0) is 67.6 Å². The standard InChI is InChI=1S/C25H24N4O5S2/c1-17-4-8-19(9-5-17)29(36(31,32)22-14-12-21(34-3)13-15-22)16-23(30)26-25-28-27-24(35-25)18-6-10-20(33-2)11-7-18/h4-15H,16H2,1-3H3,(H,26,28,30). The van der Waals surface area contributed by atoms with E-state index >= 15 is 0 Å². The third kappa shape index (κ3) is 5.64. The highest BCUT2D eigenvalue weighted by molar-refractivity contribution is 7.92. The maximum atomic E-state index is 13.5. The Bertz CT molecular complexity index is 1440. The number of aromatic nitrogens is 2. The highest BCUT2D eigenvalue weighted by Gasteiger charge is 2.27. The first-order chi connectivity index (χ1) is 17.3. The number of carbonyl (C=O) groups excluding carboxylic acids is 1. The number of carbonyl (C=O) groups is 1. The molecule has 0 aliphatic carbocycles. The number of nitrogens with zero attached hydrogens (tertiary/aromatic N) is 3. The molecule has 1 aromatic heterocycles. The summed E-state index contributed by atoms with van der Waals surface area (Å²) in [5.74, 6) is 0.689. The Morgan fingerprint density at radius 3 is 2.06 bits per heavy atom. The molecule has 0 saturated heterocycles. The van der Waals surface area contributed by atoms with E-state index in [1.807, 2.05) is 19.1 Å². The number of hydrogen-bond donors (Lipinski definition) is 1. The zero-order chi connectivity index (χ0) is 25.7. The van der Waals surface area contributed by atoms with E-state index < -0.39 is 22.5 Å². The van der Waals surface area contributed by atoms with Gasteiger partial charge in [0.05, 0.1) is 24.8 Å². The van der Waals surface area contributed by atoms with Crippen molar-refractivity contribution >= 4 is 38.1 Å². The van der Waals surface area contributed by atoms with Gasteiger partial charge in [-0.2, -0.15) is 0 Å². The van der Waals surface area contributed by atoms with E-state index in [-0.39, 0.29) is 10.0 Å². The van der Waals surface area contributed by atoms with Crippen LogP contribution in [0.5, 0.6) is 11.5 Å². The fourth-order valence-electron chi connectivity index (χ4n) is 3.31. The van der Waals surface area contributed by atoms with Gasteiger partial charge >= 0.3 is 0 Å². The first-order valence-corrected chi connectivity index (χ1v) is 13.1. The van der Waals surface area contributed by atoms with Crippen molar-refractivity contribution in [1.29, 1.82) is 0 Å². The van der Waals surface area contributed by atoms with Crippen LogP contribution < -0.4 is 19.1 Å². The van der Waals surface area contributed by atoms with Crippen LogP contribution in [-0.2, 0) is 14.8 Å². The molecule has 9 nitrogen and oxygen atoms in total. The van der Waals surface area contributed by atoms with E-state index in [1.54, 1.807) is 55.6 Å². The number of amides is 1. The molecule has 0 aliphatic heterocycles. The summed E-state index contributed by atoms with van der Waals surface area (Å²) in [7, 11) is -0.966. The van der Waals surface area contributed by atoms with Gasteiger partial charge in [0, 0.05) is 5.56 Å². The number of rotatable bonds is 9. The zero-order valence-electron chi connectivity index (χ0n) is 19.8. The summed E-state index contributed by atoms with van der Waals surface area (Å²) >= 11 is 1.18. The van der Waals surface area contributed by atoms with Crippen LogP contribution >= 0.6 is 11.3 Å². The highest BCUT2D eigenvalue weighted by atomic mass is 32.2. The molecule has 0 radical (unpaired) electrons. The lowest BCUT2D eigenvalue weighted by Gasteiger charge is -2.24. The lowest BCUT2D eigenvalue weighted by atomic mass is 10.2. The molecule has 4 rings (SSSR count). The monoisotopic (exact) mass is 524 g/mol. The Hall–Kier alpha value is -3.96. The van der Waals surface area contributed by atoms with Crippen molar-refractivity contribution in [2.24, 2.45) is 0 Å². The maximum absolute atomic E-state index is 13.5. The first kappa shape index (κ1) is 25.1. The number of aryl methyl sites for hydroxylation is 1. The molecular weight excluding hydrogens is 500 g/mol. The lowest BCUT2D eigenvalue weighted by molar-refractivity contribution is -0.114. The minimum absolute atomic E-state index is 0.0365. The normalized spacial score (nSPS) is 11.1. The molecular formula is C25H24N4O5S2. The quantitative estimate of drug-likeness (QED) is 0.346. The second-order valence-electron chi connectivity index (χ2n) is 7.71. The van der Waals surface area contributed by atoms with Gasteiger partial charge in [0.25, 0.3) is 10.0 Å². The van der Waals surface area contributed by atoms with Crippen LogP contribution in [0.4, 0.5) is 10.8 Å². The molecule has 1 heterocycles. The number of anilines is 2. The van der Waals surface area contributed by atoms with Crippen LogP contribution in [0.1, 0.15) is 5.56 Å². The van der Waals surface area contributed by atoms with Gasteiger partial charge in [0.1, 0.15) is 23.1 Å². The molecule has 0 saturated carbocycles. The number of methoxy groups -OCH3 is 2. The molecule has 186 valence electrons. The molecule has 1 N–H and O–H groups in total. The molecule has 0 fully saturated rings. The molecule has 0 atom stereocenters. The minimum atomic E-state index is -4.05. The number of nitrogens with one attached hydrogen (secondary N) is 1. The van der Waals surface area contributed by atoms with Gasteiger partial charge in [-0.25, -0.2) is 8.42 Å². The molecule has 3 aromatic carbocycles. The van der Waals surface area contributed by atoms with Gasteiger partial charge in [0.2, 0.25) is 11.0 Å². The fraction of sp³-hybridized carbons (Fsp3) is 0.160. The van der Waals surface area contributed by atoms with Crippen LogP contribution in [0.2, 0.25) is 0 Å². The molecule has 11 heteroatoms. The topological polar surface area (TPSA) is 111 Å². The molecule has 0 aliphatic rings. The zero-order valence-corrected chi connectivity index (χ0v) is 21.5. The average molecular weight is 525 g/mol. The van der Waals surface area contributed by atoms with Crippen molar-refractivity contribution in [3.05, 3.63) is 78.4 Å². The molecule has 0 unspecified atom stereocenters. The molecule has 36 heavy (non-hydrogen) atoms. The van der Waals surface area contributed by atoms with Crippen molar-refractivity contribution in [2.45, 2.75) is 11.8 Å². The van der Waals surface area contributed by atoms with Crippen LogP contribution in [0.25, 0.3) is 10.6 Å². The SMILES string of the molecule is COc1ccc(-c2nnc(NC(=O)CN(c3ccc(C)cc3)S(=O)(=O)c3ccc(OC)cc3)s2)cc1. The molecule has 4 aromatic rings. The predicted octanol–water partition coefficient (Wildman–Crippen LogP) is 4.36. The number of hydrogen-bond acceptors (Lipinski definition) is 8. The van der Waals surface area contributed by atoms with E-state index in [2.05, 4.69) is 15.5 Å². The Morgan fingerprint density at radius 2 is 1.47 bits per heavy atom. The van der Waals surface area contributed by atoms with Crippen LogP contribution in [0.3, 0.4) is 0 Å². The smallest absolute Gasteiger partial charge is 0.264 e. The Balaban J connectivity index is 1.56. The third-order valence-corrected chi connectivity index (χ3v) is 7.94. The minimum Gasteiger partial charge on any atom is -0.497 e. The van der Waals surface area contributed by atoms with E-state index in [0.29, 0.717) is 22.2 Å². The van der Waals surface area contributed by atoms with E-state index in [9.17, 15) is 13.2 Å². The summed E-state index contributed by atoms with van der Waals surface area (Å²) in [5.41, 5.74) is 2.14. The second kappa shape index (κ2) is 10.8. The first-order valence-electron chi connectivity index (χ1n) is 10.8. The van der Waals surface area contributed by atoms with E-state index in [4.69, 9.17) is 9.47 Å². The molecule has 0 bridgehead atoms. The second-order valence-corrected chi connectivity index (χ2v) is 10.6. The van der Waals surface area contributed by atoms with E-state index in [1.165, 1.54) is 30.6 Å². The van der Waals surface area contributed by atoms with Gasteiger partial charge < -0.3 is 9.47 Å². The lowest BCUT2D eigenvalue weighted by Crippen LogP contribution is -2.38. The maximum Gasteiger partial charge on any atom is 0.264 e. The fourth-order valence-corrected chi connectivity index (χ4v) is 5.50. The largest absolute Gasteiger partial charge is 0.497 e. The van der Waals surface area contributed by atoms with Crippen molar-refractivity contribution in [1.82, 2.24) is 10.2 Å². The van der Waals surface area contributed by atoms with Crippen molar-refractivity contribution < 1.29 is 22.7 Å². The van der Waals surface area contributed by atoms with Gasteiger partial charge in [0.15, 0.2) is 0 Å². The number of benzene rings is 3. The number of sulfonamides is 1. The van der Waals surface area contributed by atoms with Gasteiger partial charge in [-0.3, -0.25) is 14.4 Å². The van der Waals surface area contributed by atoms with Crippen molar-refractivity contribution in [3.8, 4) is 22.1 Å². The highest BCUT2D eigenvalue weighted by Crippen LogP contribution is 2.29.